The highest BCUT2D eigenvalue weighted by Crippen LogP contribution is 2.42. The van der Waals surface area contributed by atoms with Crippen molar-refractivity contribution >= 4 is 5.97 Å². The van der Waals surface area contributed by atoms with Gasteiger partial charge in [-0.15, -0.1) is 0 Å². The third kappa shape index (κ3) is 2.92. The molecule has 2 aromatic rings. The van der Waals surface area contributed by atoms with Crippen LogP contribution in [-0.4, -0.2) is 16.1 Å². The summed E-state index contributed by atoms with van der Waals surface area (Å²) < 4.78 is 6.03. The van der Waals surface area contributed by atoms with Crippen LogP contribution in [0.25, 0.3) is 11.3 Å². The Morgan fingerprint density at radius 1 is 1.29 bits per heavy atom. The zero-order chi connectivity index (χ0) is 17.0. The molecule has 2 atom stereocenters. The fourth-order valence-electron chi connectivity index (χ4n) is 3.23. The van der Waals surface area contributed by atoms with Crippen LogP contribution in [0.3, 0.4) is 0 Å². The van der Waals surface area contributed by atoms with Gasteiger partial charge in [0.2, 0.25) is 5.89 Å². The number of aliphatic carboxylic acids is 1. The van der Waals surface area contributed by atoms with Crippen molar-refractivity contribution < 1.29 is 14.3 Å². The Kier molecular flexibility index (Phi) is 4.65. The highest BCUT2D eigenvalue weighted by molar-refractivity contribution is 5.76. The number of carboxylic acids is 1. The fourth-order valence-corrected chi connectivity index (χ4v) is 3.23. The highest BCUT2D eigenvalue weighted by Gasteiger charge is 2.45. The van der Waals surface area contributed by atoms with Crippen molar-refractivity contribution in [3.63, 3.8) is 0 Å². The molecule has 1 aliphatic carbocycles. The molecule has 0 saturated carbocycles. The minimum Gasteiger partial charge on any atom is -0.481 e. The normalized spacial score (nSPS) is 22.6. The molecule has 1 N–H and O–H groups in total. The number of carboxylic acid groups (broad SMARTS) is 1. The summed E-state index contributed by atoms with van der Waals surface area (Å²) in [6.45, 7) is 2.09. The minimum absolute atomic E-state index is 0.475. The molecule has 0 aliphatic heterocycles. The Hall–Kier alpha value is -2.62. The molecule has 1 aromatic heterocycles. The Morgan fingerprint density at radius 2 is 2.08 bits per heavy atom. The maximum Gasteiger partial charge on any atom is 0.311 e. The SMILES string of the molecule is CCCCC1(c2ncc(-c3ccccc3)o2)C=CC=CC1C(=O)O. The first-order valence-electron chi connectivity index (χ1n) is 8.28. The predicted octanol–water partition coefficient (Wildman–Crippen LogP) is 4.60. The van der Waals surface area contributed by atoms with Crippen LogP contribution in [0.15, 0.2) is 65.2 Å². The van der Waals surface area contributed by atoms with Crippen LogP contribution in [0, 0.1) is 5.92 Å². The number of hydrogen-bond donors (Lipinski definition) is 1. The van der Waals surface area contributed by atoms with Gasteiger partial charge in [-0.1, -0.05) is 74.4 Å². The van der Waals surface area contributed by atoms with Crippen molar-refractivity contribution in [3.8, 4) is 11.3 Å². The van der Waals surface area contributed by atoms with Crippen molar-refractivity contribution in [3.05, 3.63) is 66.7 Å². The van der Waals surface area contributed by atoms with E-state index in [2.05, 4.69) is 11.9 Å². The second-order valence-electron chi connectivity index (χ2n) is 6.10. The summed E-state index contributed by atoms with van der Waals surface area (Å²) in [6, 6.07) is 9.72. The van der Waals surface area contributed by atoms with Gasteiger partial charge in [0.25, 0.3) is 0 Å². The van der Waals surface area contributed by atoms with Gasteiger partial charge in [0.15, 0.2) is 5.76 Å². The first-order chi connectivity index (χ1) is 11.7. The molecule has 0 radical (unpaired) electrons. The van der Waals surface area contributed by atoms with E-state index in [0.717, 1.165) is 18.4 Å². The van der Waals surface area contributed by atoms with Crippen LogP contribution in [0.4, 0.5) is 0 Å². The van der Waals surface area contributed by atoms with Gasteiger partial charge in [-0.2, -0.15) is 0 Å². The summed E-state index contributed by atoms with van der Waals surface area (Å²) in [5.41, 5.74) is 0.202. The molecule has 4 nitrogen and oxygen atoms in total. The molecule has 0 fully saturated rings. The van der Waals surface area contributed by atoms with Crippen molar-refractivity contribution in [2.45, 2.75) is 31.6 Å². The lowest BCUT2D eigenvalue weighted by Crippen LogP contribution is -2.38. The lowest BCUT2D eigenvalue weighted by atomic mass is 9.69. The van der Waals surface area contributed by atoms with Gasteiger partial charge in [-0.25, -0.2) is 4.98 Å². The number of allylic oxidation sites excluding steroid dienone is 3. The third-order valence-corrected chi connectivity index (χ3v) is 4.54. The summed E-state index contributed by atoms with van der Waals surface area (Å²) in [5, 5.41) is 9.70. The number of rotatable bonds is 6. The lowest BCUT2D eigenvalue weighted by molar-refractivity contribution is -0.142. The molecular weight excluding hydrogens is 302 g/mol. The lowest BCUT2D eigenvalue weighted by Gasteiger charge is -2.33. The minimum atomic E-state index is -0.855. The van der Waals surface area contributed by atoms with Crippen LogP contribution < -0.4 is 0 Å². The van der Waals surface area contributed by atoms with Gasteiger partial charge in [0, 0.05) is 5.56 Å². The number of unbranched alkanes of at least 4 members (excludes halogenated alkanes) is 1. The summed E-state index contributed by atoms with van der Waals surface area (Å²) in [5.74, 6) is -0.390. The largest absolute Gasteiger partial charge is 0.481 e. The van der Waals surface area contributed by atoms with Gasteiger partial charge in [-0.3, -0.25) is 4.79 Å². The van der Waals surface area contributed by atoms with Crippen molar-refractivity contribution in [2.75, 3.05) is 0 Å². The van der Waals surface area contributed by atoms with Crippen molar-refractivity contribution in [2.24, 2.45) is 5.92 Å². The van der Waals surface area contributed by atoms with Gasteiger partial charge in [0.1, 0.15) is 0 Å². The van der Waals surface area contributed by atoms with Gasteiger partial charge in [0.05, 0.1) is 17.5 Å². The first kappa shape index (κ1) is 16.2. The van der Waals surface area contributed by atoms with Crippen molar-refractivity contribution in [1.82, 2.24) is 4.98 Å². The molecule has 1 aromatic carbocycles. The van der Waals surface area contributed by atoms with Gasteiger partial charge >= 0.3 is 5.97 Å². The highest BCUT2D eigenvalue weighted by atomic mass is 16.4. The molecular formula is C20H21NO3. The summed E-state index contributed by atoms with van der Waals surface area (Å²) in [7, 11) is 0. The molecule has 0 saturated heterocycles. The van der Waals surface area contributed by atoms with Crippen LogP contribution in [0.2, 0.25) is 0 Å². The summed E-state index contributed by atoms with van der Waals surface area (Å²) in [6.07, 6.45) is 11.6. The molecule has 3 rings (SSSR count). The quantitative estimate of drug-likeness (QED) is 0.844. The van der Waals surface area contributed by atoms with E-state index in [0.29, 0.717) is 18.1 Å². The zero-order valence-corrected chi connectivity index (χ0v) is 13.7. The van der Waals surface area contributed by atoms with E-state index in [1.165, 1.54) is 0 Å². The van der Waals surface area contributed by atoms with Gasteiger partial charge < -0.3 is 9.52 Å². The molecule has 124 valence electrons. The topological polar surface area (TPSA) is 63.3 Å². The monoisotopic (exact) mass is 323 g/mol. The second-order valence-corrected chi connectivity index (χ2v) is 6.10. The number of nitrogens with zero attached hydrogens (tertiary/aromatic N) is 1. The zero-order valence-electron chi connectivity index (χ0n) is 13.7. The average molecular weight is 323 g/mol. The van der Waals surface area contributed by atoms with E-state index in [1.54, 1.807) is 18.3 Å². The number of hydrogen-bond acceptors (Lipinski definition) is 3. The average Bonchev–Trinajstić information content (AvgIpc) is 3.11. The first-order valence-corrected chi connectivity index (χ1v) is 8.28. The molecule has 0 spiro atoms. The van der Waals surface area contributed by atoms with E-state index in [4.69, 9.17) is 4.42 Å². The van der Waals surface area contributed by atoms with E-state index >= 15 is 0 Å². The van der Waals surface area contributed by atoms with Crippen LogP contribution in [0.5, 0.6) is 0 Å². The Labute approximate surface area is 141 Å². The molecule has 0 amide bonds. The molecule has 4 heteroatoms. The maximum absolute atomic E-state index is 11.8. The molecule has 0 bridgehead atoms. The van der Waals surface area contributed by atoms with E-state index in [-0.39, 0.29) is 0 Å². The fraction of sp³-hybridized carbons (Fsp3) is 0.300. The van der Waals surface area contributed by atoms with Crippen LogP contribution in [-0.2, 0) is 10.2 Å². The predicted molar refractivity (Wildman–Crippen MR) is 92.5 cm³/mol. The Morgan fingerprint density at radius 3 is 2.79 bits per heavy atom. The standard InChI is InChI=1S/C20H21NO3/c1-2-3-12-20(13-8-7-11-16(20)18(22)23)19-21-14-17(24-19)15-9-5-4-6-10-15/h4-11,13-14,16H,2-3,12H2,1H3,(H,22,23). The number of carbonyl (C=O) groups is 1. The van der Waals surface area contributed by atoms with Gasteiger partial charge in [-0.05, 0) is 6.42 Å². The summed E-state index contributed by atoms with van der Waals surface area (Å²) in [4.78, 5) is 16.3. The molecule has 1 heterocycles. The molecule has 1 aliphatic rings. The van der Waals surface area contributed by atoms with Crippen molar-refractivity contribution in [1.29, 1.82) is 0 Å². The number of benzene rings is 1. The second kappa shape index (κ2) is 6.87. The van der Waals surface area contributed by atoms with Crippen LogP contribution >= 0.6 is 0 Å². The van der Waals surface area contributed by atoms with E-state index < -0.39 is 17.3 Å². The Balaban J connectivity index is 2.04. The van der Waals surface area contributed by atoms with E-state index in [1.807, 2.05) is 42.5 Å². The maximum atomic E-state index is 11.8. The Bertz CT molecular complexity index is 760. The molecule has 2 unspecified atom stereocenters. The smallest absolute Gasteiger partial charge is 0.311 e. The number of oxazole rings is 1. The van der Waals surface area contributed by atoms with E-state index in [9.17, 15) is 9.90 Å². The third-order valence-electron chi connectivity index (χ3n) is 4.54. The van der Waals surface area contributed by atoms with Crippen LogP contribution in [0.1, 0.15) is 32.1 Å². The molecule has 24 heavy (non-hydrogen) atoms. The number of aromatic nitrogens is 1. The summed E-state index contributed by atoms with van der Waals surface area (Å²) >= 11 is 0.